The maximum atomic E-state index is 11.4. The van der Waals surface area contributed by atoms with E-state index < -0.39 is 6.16 Å². The molecule has 0 aliphatic rings. The van der Waals surface area contributed by atoms with Gasteiger partial charge in [-0.05, 0) is 29.2 Å². The van der Waals surface area contributed by atoms with Crippen molar-refractivity contribution in [3.05, 3.63) is 28.8 Å². The Morgan fingerprint density at radius 2 is 1.15 bits per heavy atom. The molecule has 0 radical (unpaired) electrons. The molecule has 0 amide bonds. The van der Waals surface area contributed by atoms with E-state index in [4.69, 9.17) is 28.8 Å². The van der Waals surface area contributed by atoms with Crippen LogP contribution in [0.4, 0.5) is 4.79 Å². The highest BCUT2D eigenvalue weighted by Gasteiger charge is 2.29. The molecule has 0 unspecified atom stereocenters. The van der Waals surface area contributed by atoms with Gasteiger partial charge in [0.25, 0.3) is 0 Å². The molecule has 8 nitrogen and oxygen atoms in total. The standard InChI is InChI=1S/C26H44O8/c1-25(2,3)21-18-20(19-22(26(4,5)6)23(21)34-24(28)29)8-7-10-30-12-14-32-16-17-33-15-13-31-11-9-27/h18-19,27H,7-17H2,1-6H3,(H,28,29). The van der Waals surface area contributed by atoms with Crippen LogP contribution in [-0.4, -0.2) is 75.8 Å². The topological polar surface area (TPSA) is 104 Å². The average molecular weight is 485 g/mol. The van der Waals surface area contributed by atoms with Crippen molar-refractivity contribution in [3.63, 3.8) is 0 Å². The Bertz CT molecular complexity index is 683. The SMILES string of the molecule is CC(C)(C)c1cc(CCCOCCOCCOCCOCCO)cc(C(C)(C)C)c1OC(=O)O. The van der Waals surface area contributed by atoms with Gasteiger partial charge < -0.3 is 33.9 Å². The first-order valence-electron chi connectivity index (χ1n) is 12.0. The van der Waals surface area contributed by atoms with Crippen LogP contribution in [0, 0.1) is 0 Å². The van der Waals surface area contributed by atoms with Crippen LogP contribution < -0.4 is 4.74 Å². The molecule has 196 valence electrons. The molecule has 0 bridgehead atoms. The Hall–Kier alpha value is -1.71. The molecule has 0 heterocycles. The van der Waals surface area contributed by atoms with Crippen molar-refractivity contribution in [2.75, 3.05) is 59.5 Å². The smallest absolute Gasteiger partial charge is 0.449 e. The van der Waals surface area contributed by atoms with Gasteiger partial charge in [-0.3, -0.25) is 0 Å². The number of hydrogen-bond donors (Lipinski definition) is 2. The van der Waals surface area contributed by atoms with Gasteiger partial charge in [-0.2, -0.15) is 0 Å². The molecule has 0 fully saturated rings. The lowest BCUT2D eigenvalue weighted by atomic mass is 9.78. The van der Waals surface area contributed by atoms with Crippen LogP contribution >= 0.6 is 0 Å². The van der Waals surface area contributed by atoms with Crippen molar-refractivity contribution >= 4 is 6.16 Å². The fraction of sp³-hybridized carbons (Fsp3) is 0.731. The molecule has 0 saturated heterocycles. The lowest BCUT2D eigenvalue weighted by Gasteiger charge is -2.29. The number of benzene rings is 1. The Labute approximate surface area is 204 Å². The van der Waals surface area contributed by atoms with E-state index in [2.05, 4.69) is 53.7 Å². The van der Waals surface area contributed by atoms with E-state index in [0.29, 0.717) is 58.6 Å². The van der Waals surface area contributed by atoms with Gasteiger partial charge in [0.1, 0.15) is 5.75 Å². The minimum absolute atomic E-state index is 0.0209. The summed E-state index contributed by atoms with van der Waals surface area (Å²) in [4.78, 5) is 11.4. The molecular formula is C26H44O8. The molecule has 1 aromatic rings. The van der Waals surface area contributed by atoms with Crippen LogP contribution in [0.5, 0.6) is 5.75 Å². The van der Waals surface area contributed by atoms with E-state index in [1.165, 1.54) is 0 Å². The second kappa shape index (κ2) is 15.3. The molecule has 0 spiro atoms. The van der Waals surface area contributed by atoms with Crippen LogP contribution in [0.15, 0.2) is 12.1 Å². The fourth-order valence-electron chi connectivity index (χ4n) is 3.35. The van der Waals surface area contributed by atoms with Gasteiger partial charge in [-0.15, -0.1) is 0 Å². The van der Waals surface area contributed by atoms with Crippen molar-refractivity contribution in [3.8, 4) is 5.75 Å². The normalized spacial score (nSPS) is 12.2. The predicted octanol–water partition coefficient (Wildman–Crippen LogP) is 4.33. The monoisotopic (exact) mass is 484 g/mol. The van der Waals surface area contributed by atoms with E-state index >= 15 is 0 Å². The van der Waals surface area contributed by atoms with Gasteiger partial charge in [0.05, 0.1) is 52.9 Å². The average Bonchev–Trinajstić information content (AvgIpc) is 2.72. The van der Waals surface area contributed by atoms with Gasteiger partial charge >= 0.3 is 6.16 Å². The van der Waals surface area contributed by atoms with Crippen molar-refractivity contribution < 1.29 is 38.7 Å². The van der Waals surface area contributed by atoms with Crippen LogP contribution in [0.25, 0.3) is 0 Å². The maximum Gasteiger partial charge on any atom is 0.511 e. The van der Waals surface area contributed by atoms with Gasteiger partial charge in [-0.25, -0.2) is 4.79 Å². The van der Waals surface area contributed by atoms with E-state index in [1.54, 1.807) is 0 Å². The first-order chi connectivity index (χ1) is 16.0. The van der Waals surface area contributed by atoms with Crippen LogP contribution in [0.1, 0.15) is 64.7 Å². The Kier molecular flexibility index (Phi) is 13.7. The molecule has 1 aromatic carbocycles. The summed E-state index contributed by atoms with van der Waals surface area (Å²) in [5.41, 5.74) is 2.42. The highest BCUT2D eigenvalue weighted by atomic mass is 16.7. The third-order valence-electron chi connectivity index (χ3n) is 5.06. The molecule has 0 aliphatic carbocycles. The summed E-state index contributed by atoms with van der Waals surface area (Å²) in [5.74, 6) is 0.450. The number of aryl methyl sites for hydroxylation is 1. The summed E-state index contributed by atoms with van der Waals surface area (Å²) in [6.07, 6.45) is 0.383. The van der Waals surface area contributed by atoms with Gasteiger partial charge in [-0.1, -0.05) is 53.7 Å². The second-order valence-corrected chi connectivity index (χ2v) is 10.2. The number of carbonyl (C=O) groups is 1. The Morgan fingerprint density at radius 3 is 1.53 bits per heavy atom. The number of hydrogen-bond acceptors (Lipinski definition) is 7. The molecule has 8 heteroatoms. The number of ether oxygens (including phenoxy) is 5. The summed E-state index contributed by atoms with van der Waals surface area (Å²) in [7, 11) is 0. The van der Waals surface area contributed by atoms with Crippen molar-refractivity contribution in [2.24, 2.45) is 0 Å². The lowest BCUT2D eigenvalue weighted by Crippen LogP contribution is -2.22. The van der Waals surface area contributed by atoms with E-state index in [0.717, 1.165) is 29.5 Å². The van der Waals surface area contributed by atoms with E-state index in [9.17, 15) is 9.90 Å². The van der Waals surface area contributed by atoms with Gasteiger partial charge in [0.2, 0.25) is 0 Å². The summed E-state index contributed by atoms with van der Waals surface area (Å²) in [6.45, 7) is 16.3. The minimum Gasteiger partial charge on any atom is -0.449 e. The Balaban J connectivity index is 2.47. The summed E-state index contributed by atoms with van der Waals surface area (Å²) < 4.78 is 26.9. The van der Waals surface area contributed by atoms with Crippen LogP contribution in [-0.2, 0) is 36.2 Å². The fourth-order valence-corrected chi connectivity index (χ4v) is 3.35. The molecule has 0 aliphatic heterocycles. The summed E-state index contributed by atoms with van der Waals surface area (Å²) >= 11 is 0. The number of aliphatic hydroxyl groups is 1. The van der Waals surface area contributed by atoms with E-state index in [1.807, 2.05) is 0 Å². The van der Waals surface area contributed by atoms with Gasteiger partial charge in [0, 0.05) is 17.7 Å². The highest BCUT2D eigenvalue weighted by molar-refractivity contribution is 5.65. The zero-order valence-electron chi connectivity index (χ0n) is 21.8. The maximum absolute atomic E-state index is 11.4. The Morgan fingerprint density at radius 1 is 0.735 bits per heavy atom. The highest BCUT2D eigenvalue weighted by Crippen LogP contribution is 2.41. The number of rotatable bonds is 16. The molecule has 0 aromatic heterocycles. The zero-order valence-corrected chi connectivity index (χ0v) is 21.8. The largest absolute Gasteiger partial charge is 0.511 e. The molecule has 0 saturated carbocycles. The minimum atomic E-state index is -1.29. The van der Waals surface area contributed by atoms with Crippen LogP contribution in [0.2, 0.25) is 0 Å². The zero-order chi connectivity index (χ0) is 25.6. The van der Waals surface area contributed by atoms with Crippen molar-refractivity contribution in [1.82, 2.24) is 0 Å². The van der Waals surface area contributed by atoms with E-state index in [-0.39, 0.29) is 17.4 Å². The van der Waals surface area contributed by atoms with Gasteiger partial charge in [0.15, 0.2) is 0 Å². The molecule has 1 rings (SSSR count). The molecular weight excluding hydrogens is 440 g/mol. The van der Waals surface area contributed by atoms with Crippen molar-refractivity contribution in [2.45, 2.75) is 65.2 Å². The first kappa shape index (κ1) is 30.3. The lowest BCUT2D eigenvalue weighted by molar-refractivity contribution is -0.00563. The first-order valence-corrected chi connectivity index (χ1v) is 12.0. The molecule has 0 atom stereocenters. The summed E-state index contributed by atoms with van der Waals surface area (Å²) in [6, 6.07) is 4.12. The third kappa shape index (κ3) is 12.1. The second-order valence-electron chi connectivity index (χ2n) is 10.2. The summed E-state index contributed by atoms with van der Waals surface area (Å²) in [5, 5.41) is 17.9. The predicted molar refractivity (Wildman–Crippen MR) is 131 cm³/mol. The molecule has 34 heavy (non-hydrogen) atoms. The quantitative estimate of drug-likeness (QED) is 0.203. The van der Waals surface area contributed by atoms with Crippen molar-refractivity contribution in [1.29, 1.82) is 0 Å². The number of aliphatic hydroxyl groups excluding tert-OH is 1. The number of carboxylic acid groups (broad SMARTS) is 1. The van der Waals surface area contributed by atoms with Crippen LogP contribution in [0.3, 0.4) is 0 Å². The molecule has 2 N–H and O–H groups in total. The third-order valence-corrected chi connectivity index (χ3v) is 5.06.